The van der Waals surface area contributed by atoms with E-state index in [9.17, 15) is 0 Å². The molecule has 3 unspecified atom stereocenters. The van der Waals surface area contributed by atoms with Gasteiger partial charge in [-0.3, -0.25) is 0 Å². The molecule has 0 radical (unpaired) electrons. The molecule has 3 heteroatoms. The molecule has 3 atom stereocenters. The quantitative estimate of drug-likeness (QED) is 0.657. The smallest absolute Gasteiger partial charge is 0.0678 e. The van der Waals surface area contributed by atoms with Crippen molar-refractivity contribution >= 4 is 11.8 Å². The Morgan fingerprint density at radius 3 is 2.43 bits per heavy atom. The van der Waals surface area contributed by atoms with Crippen LogP contribution in [0.1, 0.15) is 32.6 Å². The SMILES string of the molecule is CC1CNC2(CC3CCC(C2)N3C)S1. The molecule has 3 aliphatic heterocycles. The molecule has 0 saturated carbocycles. The van der Waals surface area contributed by atoms with Gasteiger partial charge in [-0.15, -0.1) is 11.8 Å². The van der Waals surface area contributed by atoms with Crippen LogP contribution in [0.15, 0.2) is 0 Å². The molecule has 2 nitrogen and oxygen atoms in total. The van der Waals surface area contributed by atoms with Crippen LogP contribution in [0.4, 0.5) is 0 Å². The van der Waals surface area contributed by atoms with Gasteiger partial charge < -0.3 is 10.2 Å². The van der Waals surface area contributed by atoms with Crippen molar-refractivity contribution in [1.29, 1.82) is 0 Å². The Labute approximate surface area is 90.8 Å². The van der Waals surface area contributed by atoms with Gasteiger partial charge in [0.05, 0.1) is 4.87 Å². The predicted octanol–water partition coefficient (Wildman–Crippen LogP) is 1.66. The molecule has 3 aliphatic rings. The zero-order valence-electron chi connectivity index (χ0n) is 9.12. The van der Waals surface area contributed by atoms with Crippen LogP contribution in [0, 0.1) is 0 Å². The normalized spacial score (nSPS) is 53.1. The van der Waals surface area contributed by atoms with Gasteiger partial charge in [0.15, 0.2) is 0 Å². The van der Waals surface area contributed by atoms with Gasteiger partial charge in [-0.25, -0.2) is 0 Å². The van der Waals surface area contributed by atoms with Crippen molar-refractivity contribution in [1.82, 2.24) is 10.2 Å². The lowest BCUT2D eigenvalue weighted by atomic mass is 9.97. The molecule has 3 rings (SSSR count). The molecule has 0 aromatic heterocycles. The molecule has 80 valence electrons. The van der Waals surface area contributed by atoms with Crippen LogP contribution in [0.3, 0.4) is 0 Å². The summed E-state index contributed by atoms with van der Waals surface area (Å²) in [5.74, 6) is 0. The van der Waals surface area contributed by atoms with E-state index in [4.69, 9.17) is 0 Å². The van der Waals surface area contributed by atoms with Crippen LogP contribution in [0.2, 0.25) is 0 Å². The summed E-state index contributed by atoms with van der Waals surface area (Å²) in [5.41, 5.74) is 0. The van der Waals surface area contributed by atoms with Crippen molar-refractivity contribution < 1.29 is 0 Å². The van der Waals surface area contributed by atoms with Crippen LogP contribution in [0.25, 0.3) is 0 Å². The molecule has 3 fully saturated rings. The average Bonchev–Trinajstić information content (AvgIpc) is 2.58. The fourth-order valence-electron chi connectivity index (χ4n) is 3.47. The predicted molar refractivity (Wildman–Crippen MR) is 61.6 cm³/mol. The Morgan fingerprint density at radius 2 is 1.93 bits per heavy atom. The van der Waals surface area contributed by atoms with Crippen molar-refractivity contribution in [2.75, 3.05) is 13.6 Å². The Morgan fingerprint density at radius 1 is 1.29 bits per heavy atom. The third-order valence-corrected chi connectivity index (χ3v) is 5.75. The van der Waals surface area contributed by atoms with Gasteiger partial charge in [-0.05, 0) is 32.7 Å². The Bertz CT molecular complexity index is 229. The fourth-order valence-corrected chi connectivity index (χ4v) is 5.15. The first-order valence-corrected chi connectivity index (χ1v) is 6.71. The van der Waals surface area contributed by atoms with E-state index in [2.05, 4.69) is 35.9 Å². The first kappa shape index (κ1) is 9.49. The second-order valence-corrected chi connectivity index (χ2v) is 7.08. The van der Waals surface area contributed by atoms with Gasteiger partial charge in [0.25, 0.3) is 0 Å². The van der Waals surface area contributed by atoms with Crippen LogP contribution < -0.4 is 5.32 Å². The van der Waals surface area contributed by atoms with Gasteiger partial charge >= 0.3 is 0 Å². The highest BCUT2D eigenvalue weighted by molar-refractivity contribution is 8.01. The van der Waals surface area contributed by atoms with Gasteiger partial charge in [-0.2, -0.15) is 0 Å². The molecule has 14 heavy (non-hydrogen) atoms. The zero-order chi connectivity index (χ0) is 9.76. The molecule has 2 bridgehead atoms. The topological polar surface area (TPSA) is 15.3 Å². The number of thioether (sulfide) groups is 1. The van der Waals surface area contributed by atoms with Crippen molar-refractivity contribution in [3.63, 3.8) is 0 Å². The van der Waals surface area contributed by atoms with Crippen molar-refractivity contribution in [2.24, 2.45) is 0 Å². The lowest BCUT2D eigenvalue weighted by molar-refractivity contribution is 0.139. The summed E-state index contributed by atoms with van der Waals surface area (Å²) in [7, 11) is 2.32. The lowest BCUT2D eigenvalue weighted by Crippen LogP contribution is -2.52. The van der Waals surface area contributed by atoms with E-state index in [1.807, 2.05) is 0 Å². The second-order valence-electron chi connectivity index (χ2n) is 5.26. The number of nitrogens with one attached hydrogen (secondary N) is 1. The summed E-state index contributed by atoms with van der Waals surface area (Å²) >= 11 is 2.20. The number of piperidine rings is 1. The Kier molecular flexibility index (Phi) is 2.12. The van der Waals surface area contributed by atoms with Crippen molar-refractivity contribution in [3.05, 3.63) is 0 Å². The van der Waals surface area contributed by atoms with Crippen LogP contribution >= 0.6 is 11.8 Å². The molecule has 3 heterocycles. The average molecular weight is 212 g/mol. The first-order valence-electron chi connectivity index (χ1n) is 5.83. The van der Waals surface area contributed by atoms with Crippen LogP contribution in [-0.2, 0) is 0 Å². The lowest BCUT2D eigenvalue weighted by Gasteiger charge is -2.42. The molecule has 0 amide bonds. The number of nitrogens with zero attached hydrogens (tertiary/aromatic N) is 1. The molecule has 0 aliphatic carbocycles. The van der Waals surface area contributed by atoms with Gasteiger partial charge in [0.2, 0.25) is 0 Å². The standard InChI is InChI=1S/C11H20N2S/c1-8-7-12-11(14-8)5-9-3-4-10(6-11)13(9)2/h8-10,12H,3-7H2,1-2H3. The van der Waals surface area contributed by atoms with Crippen LogP contribution in [0.5, 0.6) is 0 Å². The minimum absolute atomic E-state index is 0.456. The van der Waals surface area contributed by atoms with Gasteiger partial charge in [0.1, 0.15) is 0 Å². The van der Waals surface area contributed by atoms with E-state index >= 15 is 0 Å². The molecule has 1 N–H and O–H groups in total. The largest absolute Gasteiger partial charge is 0.302 e. The van der Waals surface area contributed by atoms with Crippen molar-refractivity contribution in [3.8, 4) is 0 Å². The first-order chi connectivity index (χ1) is 6.69. The highest BCUT2D eigenvalue weighted by Gasteiger charge is 2.49. The molecule has 3 saturated heterocycles. The minimum atomic E-state index is 0.456. The third kappa shape index (κ3) is 1.33. The maximum absolute atomic E-state index is 3.78. The fraction of sp³-hybridized carbons (Fsp3) is 1.00. The van der Waals surface area contributed by atoms with Crippen LogP contribution in [-0.4, -0.2) is 40.7 Å². The number of hydrogen-bond donors (Lipinski definition) is 1. The summed E-state index contributed by atoms with van der Waals surface area (Å²) in [5, 5.41) is 4.60. The summed E-state index contributed by atoms with van der Waals surface area (Å²) < 4.78 is 0. The number of fused-ring (bicyclic) bond motifs is 2. The van der Waals surface area contributed by atoms with Gasteiger partial charge in [-0.1, -0.05) is 6.92 Å². The van der Waals surface area contributed by atoms with E-state index in [0.717, 1.165) is 17.3 Å². The molecular formula is C11H20N2S. The van der Waals surface area contributed by atoms with E-state index in [1.54, 1.807) is 0 Å². The summed E-state index contributed by atoms with van der Waals surface area (Å²) in [6.45, 7) is 3.57. The van der Waals surface area contributed by atoms with Gasteiger partial charge in [0, 0.05) is 23.9 Å². The minimum Gasteiger partial charge on any atom is -0.302 e. The highest BCUT2D eigenvalue weighted by atomic mass is 32.2. The van der Waals surface area contributed by atoms with E-state index in [1.165, 1.54) is 32.2 Å². The summed E-state index contributed by atoms with van der Waals surface area (Å²) in [4.78, 5) is 3.08. The molecule has 1 spiro atoms. The number of hydrogen-bond acceptors (Lipinski definition) is 3. The zero-order valence-corrected chi connectivity index (χ0v) is 9.94. The second kappa shape index (κ2) is 3.13. The Balaban J connectivity index is 1.79. The molecular weight excluding hydrogens is 192 g/mol. The van der Waals surface area contributed by atoms with E-state index in [-0.39, 0.29) is 0 Å². The summed E-state index contributed by atoms with van der Waals surface area (Å²) in [6.07, 6.45) is 5.60. The molecule has 0 aromatic carbocycles. The van der Waals surface area contributed by atoms with E-state index in [0.29, 0.717) is 4.87 Å². The third-order valence-electron chi connectivity index (χ3n) is 4.25. The number of rotatable bonds is 0. The molecule has 0 aromatic rings. The van der Waals surface area contributed by atoms with Crippen molar-refractivity contribution in [2.45, 2.75) is 54.8 Å². The van der Waals surface area contributed by atoms with E-state index < -0.39 is 0 Å². The maximum atomic E-state index is 3.78. The monoisotopic (exact) mass is 212 g/mol. The highest BCUT2D eigenvalue weighted by Crippen LogP contribution is 2.48. The maximum Gasteiger partial charge on any atom is 0.0678 e. The Hall–Kier alpha value is 0.270. The summed E-state index contributed by atoms with van der Waals surface area (Å²) in [6, 6.07) is 1.72.